The molecule has 0 saturated carbocycles. The number of hydrogen-bond acceptors (Lipinski definition) is 3. The summed E-state index contributed by atoms with van der Waals surface area (Å²) < 4.78 is 0.852. The molecule has 0 heterocycles. The number of halogens is 1. The van der Waals surface area contributed by atoms with Crippen LogP contribution in [0.25, 0.3) is 0 Å². The summed E-state index contributed by atoms with van der Waals surface area (Å²) in [6.45, 7) is 0. The number of carbonyl (C=O) groups excluding carboxylic acids is 3. The molecule has 0 atom stereocenters. The van der Waals surface area contributed by atoms with Crippen LogP contribution in [0.3, 0.4) is 0 Å². The Labute approximate surface area is 111 Å². The molecule has 0 aliphatic heterocycles. The van der Waals surface area contributed by atoms with Crippen molar-refractivity contribution in [2.75, 3.05) is 0 Å². The van der Waals surface area contributed by atoms with Crippen molar-refractivity contribution < 1.29 is 14.4 Å². The van der Waals surface area contributed by atoms with Gasteiger partial charge in [0.2, 0.25) is 11.8 Å². The summed E-state index contributed by atoms with van der Waals surface area (Å²) in [6, 6.07) is 5.14. The number of nitrogens with two attached hydrogens (primary N) is 2. The molecule has 0 radical (unpaired) electrons. The highest BCUT2D eigenvalue weighted by Crippen LogP contribution is 2.07. The van der Waals surface area contributed by atoms with Crippen LogP contribution in [0, 0.1) is 3.57 Å². The molecule has 1 aromatic carbocycles. The molecule has 0 fully saturated rings. The van der Waals surface area contributed by atoms with E-state index in [2.05, 4.69) is 5.32 Å². The molecule has 0 aliphatic carbocycles. The Kier molecular flexibility index (Phi) is 4.44. The lowest BCUT2D eigenvalue weighted by molar-refractivity contribution is -0.128. The molecule has 17 heavy (non-hydrogen) atoms. The summed E-state index contributed by atoms with van der Waals surface area (Å²) in [5, 5.41) is 2.17. The number of hydrogen-bond donors (Lipinski definition) is 3. The highest BCUT2D eigenvalue weighted by Gasteiger charge is 2.24. The number of benzene rings is 1. The SMILES string of the molecule is NC(=O)C(NC(=O)c1cccc(I)c1)C(N)=O. The van der Waals surface area contributed by atoms with Crippen molar-refractivity contribution in [3.8, 4) is 0 Å². The van der Waals surface area contributed by atoms with Crippen molar-refractivity contribution in [1.82, 2.24) is 5.32 Å². The zero-order valence-corrected chi connectivity index (χ0v) is 10.8. The minimum Gasteiger partial charge on any atom is -0.367 e. The summed E-state index contributed by atoms with van der Waals surface area (Å²) >= 11 is 2.04. The molecular formula is C10H10IN3O3. The number of carbonyl (C=O) groups is 3. The molecule has 1 rings (SSSR count). The summed E-state index contributed by atoms with van der Waals surface area (Å²) in [5.41, 5.74) is 10.2. The van der Waals surface area contributed by atoms with Crippen LogP contribution in [0.1, 0.15) is 10.4 Å². The normalized spacial score (nSPS) is 10.0. The molecule has 90 valence electrons. The Morgan fingerprint density at radius 3 is 2.24 bits per heavy atom. The number of primary amides is 2. The van der Waals surface area contributed by atoms with E-state index in [-0.39, 0.29) is 0 Å². The summed E-state index contributed by atoms with van der Waals surface area (Å²) in [5.74, 6) is -2.56. The van der Waals surface area contributed by atoms with Gasteiger partial charge in [0.25, 0.3) is 5.91 Å². The zero-order chi connectivity index (χ0) is 13.0. The third-order valence-corrected chi connectivity index (χ3v) is 2.60. The maximum absolute atomic E-state index is 11.7. The molecule has 0 unspecified atom stereocenters. The smallest absolute Gasteiger partial charge is 0.252 e. The van der Waals surface area contributed by atoms with E-state index in [1.165, 1.54) is 0 Å². The third-order valence-electron chi connectivity index (χ3n) is 1.93. The number of nitrogens with one attached hydrogen (secondary N) is 1. The van der Waals surface area contributed by atoms with Gasteiger partial charge in [-0.2, -0.15) is 0 Å². The van der Waals surface area contributed by atoms with Crippen LogP contribution in [0.15, 0.2) is 24.3 Å². The van der Waals surface area contributed by atoms with Crippen molar-refractivity contribution in [2.24, 2.45) is 11.5 Å². The largest absolute Gasteiger partial charge is 0.367 e. The fourth-order valence-electron chi connectivity index (χ4n) is 1.13. The lowest BCUT2D eigenvalue weighted by atomic mass is 10.2. The first kappa shape index (κ1) is 13.4. The van der Waals surface area contributed by atoms with E-state index in [0.717, 1.165) is 3.57 Å². The Hall–Kier alpha value is -1.64. The van der Waals surface area contributed by atoms with Crippen LogP contribution in [-0.2, 0) is 9.59 Å². The molecule has 0 spiro atoms. The van der Waals surface area contributed by atoms with E-state index in [1.807, 2.05) is 22.6 Å². The summed E-state index contributed by atoms with van der Waals surface area (Å²) in [4.78, 5) is 33.4. The van der Waals surface area contributed by atoms with Crippen LogP contribution >= 0.6 is 22.6 Å². The molecule has 1 aromatic rings. The number of amides is 3. The average molecular weight is 347 g/mol. The van der Waals surface area contributed by atoms with Crippen LogP contribution in [0.4, 0.5) is 0 Å². The molecule has 0 aromatic heterocycles. The van der Waals surface area contributed by atoms with Gasteiger partial charge in [-0.3, -0.25) is 14.4 Å². The lowest BCUT2D eigenvalue weighted by Gasteiger charge is -2.11. The first-order valence-corrected chi connectivity index (χ1v) is 5.64. The van der Waals surface area contributed by atoms with Gasteiger partial charge in [-0.1, -0.05) is 6.07 Å². The van der Waals surface area contributed by atoms with E-state index in [0.29, 0.717) is 5.56 Å². The Morgan fingerprint density at radius 1 is 1.18 bits per heavy atom. The predicted octanol–water partition coefficient (Wildman–Crippen LogP) is -0.640. The standard InChI is InChI=1S/C10H10IN3O3/c11-6-3-1-2-5(4-6)10(17)14-7(8(12)15)9(13)16/h1-4,7H,(H2,12,15)(H2,13,16)(H,14,17). The second-order valence-corrected chi connectivity index (χ2v) is 4.47. The van der Waals surface area contributed by atoms with Crippen molar-refractivity contribution in [1.29, 1.82) is 0 Å². The second kappa shape index (κ2) is 5.62. The van der Waals surface area contributed by atoms with Gasteiger partial charge in [0, 0.05) is 9.13 Å². The van der Waals surface area contributed by atoms with Gasteiger partial charge in [0.05, 0.1) is 0 Å². The van der Waals surface area contributed by atoms with Crippen LogP contribution in [0.5, 0.6) is 0 Å². The van der Waals surface area contributed by atoms with Crippen LogP contribution < -0.4 is 16.8 Å². The number of rotatable bonds is 4. The van der Waals surface area contributed by atoms with E-state index in [4.69, 9.17) is 11.5 Å². The molecule has 0 saturated heterocycles. The van der Waals surface area contributed by atoms with Gasteiger partial charge in [0.15, 0.2) is 6.04 Å². The fourth-order valence-corrected chi connectivity index (χ4v) is 1.67. The third kappa shape index (κ3) is 3.70. The summed E-state index contributed by atoms with van der Waals surface area (Å²) in [6.07, 6.45) is 0. The molecule has 3 amide bonds. The Bertz CT molecular complexity index is 462. The van der Waals surface area contributed by atoms with Gasteiger partial charge in [0.1, 0.15) is 0 Å². The van der Waals surface area contributed by atoms with Crippen LogP contribution in [0.2, 0.25) is 0 Å². The monoisotopic (exact) mass is 347 g/mol. The Morgan fingerprint density at radius 2 is 1.76 bits per heavy atom. The summed E-state index contributed by atoms with van der Waals surface area (Å²) in [7, 11) is 0. The van der Waals surface area contributed by atoms with Gasteiger partial charge in [-0.15, -0.1) is 0 Å². The lowest BCUT2D eigenvalue weighted by Crippen LogP contribution is -2.52. The zero-order valence-electron chi connectivity index (χ0n) is 8.64. The van der Waals surface area contributed by atoms with Crippen molar-refractivity contribution in [3.63, 3.8) is 0 Å². The second-order valence-electron chi connectivity index (χ2n) is 3.22. The average Bonchev–Trinajstić information content (AvgIpc) is 2.24. The van der Waals surface area contributed by atoms with E-state index < -0.39 is 23.8 Å². The first-order valence-electron chi connectivity index (χ1n) is 4.57. The Balaban J connectivity index is 2.85. The van der Waals surface area contributed by atoms with Gasteiger partial charge < -0.3 is 16.8 Å². The maximum Gasteiger partial charge on any atom is 0.252 e. The van der Waals surface area contributed by atoms with Gasteiger partial charge in [-0.05, 0) is 40.8 Å². The van der Waals surface area contributed by atoms with E-state index in [9.17, 15) is 14.4 Å². The van der Waals surface area contributed by atoms with E-state index >= 15 is 0 Å². The topological polar surface area (TPSA) is 115 Å². The van der Waals surface area contributed by atoms with Gasteiger partial charge >= 0.3 is 0 Å². The molecule has 0 aliphatic rings. The predicted molar refractivity (Wildman–Crippen MR) is 68.8 cm³/mol. The first-order chi connectivity index (χ1) is 7.91. The fraction of sp³-hybridized carbons (Fsp3) is 0.100. The molecule has 6 nitrogen and oxygen atoms in total. The molecular weight excluding hydrogens is 337 g/mol. The van der Waals surface area contributed by atoms with Gasteiger partial charge in [-0.25, -0.2) is 0 Å². The minimum absolute atomic E-state index is 0.324. The highest BCUT2D eigenvalue weighted by molar-refractivity contribution is 14.1. The van der Waals surface area contributed by atoms with Crippen molar-refractivity contribution in [2.45, 2.75) is 6.04 Å². The van der Waals surface area contributed by atoms with Crippen molar-refractivity contribution in [3.05, 3.63) is 33.4 Å². The minimum atomic E-state index is -1.50. The highest BCUT2D eigenvalue weighted by atomic mass is 127. The molecule has 7 heteroatoms. The van der Waals surface area contributed by atoms with Crippen LogP contribution in [-0.4, -0.2) is 23.8 Å². The molecule has 5 N–H and O–H groups in total. The molecule has 0 bridgehead atoms. The van der Waals surface area contributed by atoms with Crippen molar-refractivity contribution >= 4 is 40.3 Å². The maximum atomic E-state index is 11.7. The quantitative estimate of drug-likeness (QED) is 0.497. The van der Waals surface area contributed by atoms with E-state index in [1.54, 1.807) is 24.3 Å².